The van der Waals surface area contributed by atoms with Crippen LogP contribution in [0.4, 0.5) is 10.2 Å². The zero-order valence-corrected chi connectivity index (χ0v) is 8.76. The average Bonchev–Trinajstić information content (AvgIpc) is 2.06. The maximum Gasteiger partial charge on any atom is 0.169 e. The van der Waals surface area contributed by atoms with Crippen molar-refractivity contribution in [3.05, 3.63) is 23.6 Å². The van der Waals surface area contributed by atoms with E-state index in [0.29, 0.717) is 5.56 Å². The van der Waals surface area contributed by atoms with E-state index in [9.17, 15) is 4.39 Å². The van der Waals surface area contributed by atoms with Gasteiger partial charge >= 0.3 is 0 Å². The van der Waals surface area contributed by atoms with Crippen LogP contribution in [0.2, 0.25) is 0 Å². The van der Waals surface area contributed by atoms with Gasteiger partial charge in [-0.1, -0.05) is 0 Å². The van der Waals surface area contributed by atoms with E-state index in [1.54, 1.807) is 12.3 Å². The van der Waals surface area contributed by atoms with Crippen LogP contribution in [0.1, 0.15) is 26.3 Å². The Morgan fingerprint density at radius 1 is 1.50 bits per heavy atom. The van der Waals surface area contributed by atoms with Crippen molar-refractivity contribution in [1.29, 1.82) is 0 Å². The number of halogens is 1. The maximum absolute atomic E-state index is 13.6. The van der Waals surface area contributed by atoms with Gasteiger partial charge in [0.25, 0.3) is 0 Å². The van der Waals surface area contributed by atoms with E-state index in [1.165, 1.54) is 0 Å². The smallest absolute Gasteiger partial charge is 0.169 e. The molecule has 0 aliphatic heterocycles. The molecule has 0 aliphatic carbocycles. The number of hydrogen-bond donors (Lipinski definition) is 2. The van der Waals surface area contributed by atoms with Gasteiger partial charge in [0, 0.05) is 23.8 Å². The Morgan fingerprint density at radius 2 is 2.14 bits per heavy atom. The van der Waals surface area contributed by atoms with Crippen LogP contribution in [0.25, 0.3) is 0 Å². The molecule has 0 bridgehead atoms. The third-order valence-corrected chi connectivity index (χ3v) is 1.68. The lowest BCUT2D eigenvalue weighted by molar-refractivity contribution is 0.581. The Kier molecular flexibility index (Phi) is 3.06. The van der Waals surface area contributed by atoms with Gasteiger partial charge in [0.15, 0.2) is 11.6 Å². The Bertz CT molecular complexity index is 318. The third-order valence-electron chi connectivity index (χ3n) is 1.68. The number of nitrogens with two attached hydrogens (primary N) is 1. The lowest BCUT2D eigenvalue weighted by atomic mass is 10.1. The third kappa shape index (κ3) is 2.67. The van der Waals surface area contributed by atoms with Crippen molar-refractivity contribution in [1.82, 2.24) is 4.98 Å². The molecular weight excluding hydrogens is 181 g/mol. The van der Waals surface area contributed by atoms with Gasteiger partial charge in [-0.15, -0.1) is 0 Å². The molecular formula is C10H16FN3. The highest BCUT2D eigenvalue weighted by Gasteiger charge is 2.14. The van der Waals surface area contributed by atoms with Crippen molar-refractivity contribution in [2.75, 3.05) is 5.32 Å². The Hall–Kier alpha value is -1.16. The van der Waals surface area contributed by atoms with Gasteiger partial charge in [-0.2, -0.15) is 0 Å². The largest absolute Gasteiger partial charge is 0.363 e. The van der Waals surface area contributed by atoms with E-state index in [2.05, 4.69) is 10.3 Å². The maximum atomic E-state index is 13.6. The van der Waals surface area contributed by atoms with Gasteiger partial charge in [-0.25, -0.2) is 9.37 Å². The molecule has 0 amide bonds. The molecule has 0 fully saturated rings. The summed E-state index contributed by atoms with van der Waals surface area (Å²) in [5.74, 6) is -0.0922. The summed E-state index contributed by atoms with van der Waals surface area (Å²) in [6.45, 7) is 6.03. The Labute approximate surface area is 83.5 Å². The second-order valence-corrected chi connectivity index (χ2v) is 4.21. The first-order valence-electron chi connectivity index (χ1n) is 4.55. The van der Waals surface area contributed by atoms with Crippen molar-refractivity contribution in [3.8, 4) is 0 Å². The minimum atomic E-state index is -0.357. The quantitative estimate of drug-likeness (QED) is 0.761. The lowest BCUT2D eigenvalue weighted by Crippen LogP contribution is -2.27. The van der Waals surface area contributed by atoms with Crippen LogP contribution in [0.15, 0.2) is 12.3 Å². The minimum Gasteiger partial charge on any atom is -0.363 e. The molecule has 0 atom stereocenters. The normalized spacial score (nSPS) is 11.5. The van der Waals surface area contributed by atoms with Crippen LogP contribution in [-0.2, 0) is 6.54 Å². The molecule has 1 aromatic rings. The monoisotopic (exact) mass is 197 g/mol. The molecule has 14 heavy (non-hydrogen) atoms. The molecule has 0 aromatic carbocycles. The van der Waals surface area contributed by atoms with Gasteiger partial charge in [0.1, 0.15) is 0 Å². The summed E-state index contributed by atoms with van der Waals surface area (Å²) in [5.41, 5.74) is 5.66. The highest BCUT2D eigenvalue weighted by Crippen LogP contribution is 2.18. The summed E-state index contributed by atoms with van der Waals surface area (Å²) < 4.78 is 13.6. The first kappa shape index (κ1) is 10.9. The van der Waals surface area contributed by atoms with Crippen LogP contribution in [0.3, 0.4) is 0 Å². The number of nitrogens with one attached hydrogen (secondary N) is 1. The summed E-state index contributed by atoms with van der Waals surface area (Å²) in [6.07, 6.45) is 1.55. The molecule has 1 rings (SSSR count). The molecule has 0 saturated heterocycles. The van der Waals surface area contributed by atoms with Crippen LogP contribution < -0.4 is 11.1 Å². The molecule has 78 valence electrons. The van der Waals surface area contributed by atoms with Crippen molar-refractivity contribution in [2.45, 2.75) is 32.9 Å². The van der Waals surface area contributed by atoms with E-state index >= 15 is 0 Å². The molecule has 0 unspecified atom stereocenters. The number of aromatic nitrogens is 1. The first-order valence-corrected chi connectivity index (χ1v) is 4.55. The first-order chi connectivity index (χ1) is 6.44. The van der Waals surface area contributed by atoms with Crippen molar-refractivity contribution in [3.63, 3.8) is 0 Å². The number of rotatable bonds is 2. The predicted molar refractivity (Wildman–Crippen MR) is 55.5 cm³/mol. The molecule has 4 heteroatoms. The summed E-state index contributed by atoms with van der Waals surface area (Å²) in [7, 11) is 0. The van der Waals surface area contributed by atoms with E-state index < -0.39 is 0 Å². The van der Waals surface area contributed by atoms with E-state index in [-0.39, 0.29) is 23.7 Å². The molecule has 1 aromatic heterocycles. The van der Waals surface area contributed by atoms with Gasteiger partial charge in [0.05, 0.1) is 0 Å². The molecule has 3 N–H and O–H groups in total. The molecule has 1 heterocycles. The zero-order chi connectivity index (χ0) is 10.8. The topological polar surface area (TPSA) is 50.9 Å². The zero-order valence-electron chi connectivity index (χ0n) is 8.76. The fourth-order valence-corrected chi connectivity index (χ4v) is 1.08. The molecule has 0 spiro atoms. The molecule has 0 aliphatic rings. The standard InChI is InChI=1S/C10H16FN3/c1-10(2,3)14-9-8(11)7(6-12)4-5-13-9/h4-5H,6,12H2,1-3H3,(H,13,14). The highest BCUT2D eigenvalue weighted by molar-refractivity contribution is 5.41. The number of anilines is 1. The van der Waals surface area contributed by atoms with E-state index in [1.807, 2.05) is 20.8 Å². The summed E-state index contributed by atoms with van der Waals surface area (Å²) in [5, 5.41) is 2.98. The summed E-state index contributed by atoms with van der Waals surface area (Å²) in [4.78, 5) is 3.93. The average molecular weight is 197 g/mol. The number of nitrogens with zero attached hydrogens (tertiary/aromatic N) is 1. The van der Waals surface area contributed by atoms with Crippen molar-refractivity contribution in [2.24, 2.45) is 5.73 Å². The van der Waals surface area contributed by atoms with Crippen LogP contribution in [0, 0.1) is 5.82 Å². The highest BCUT2D eigenvalue weighted by atomic mass is 19.1. The minimum absolute atomic E-state index is 0.188. The predicted octanol–water partition coefficient (Wildman–Crippen LogP) is 1.89. The van der Waals surface area contributed by atoms with Gasteiger partial charge in [0.2, 0.25) is 0 Å². The van der Waals surface area contributed by atoms with Crippen LogP contribution in [-0.4, -0.2) is 10.5 Å². The molecule has 0 saturated carbocycles. The van der Waals surface area contributed by atoms with Crippen molar-refractivity contribution >= 4 is 5.82 Å². The fourth-order valence-electron chi connectivity index (χ4n) is 1.08. The Morgan fingerprint density at radius 3 is 2.64 bits per heavy atom. The van der Waals surface area contributed by atoms with E-state index in [4.69, 9.17) is 5.73 Å². The van der Waals surface area contributed by atoms with Gasteiger partial charge < -0.3 is 11.1 Å². The van der Waals surface area contributed by atoms with Crippen molar-refractivity contribution < 1.29 is 4.39 Å². The van der Waals surface area contributed by atoms with E-state index in [0.717, 1.165) is 0 Å². The fraction of sp³-hybridized carbons (Fsp3) is 0.500. The Balaban J connectivity index is 2.98. The second-order valence-electron chi connectivity index (χ2n) is 4.21. The lowest BCUT2D eigenvalue weighted by Gasteiger charge is -2.21. The molecule has 0 radical (unpaired) electrons. The van der Waals surface area contributed by atoms with Gasteiger partial charge in [-0.3, -0.25) is 0 Å². The van der Waals surface area contributed by atoms with Gasteiger partial charge in [-0.05, 0) is 26.8 Å². The second kappa shape index (κ2) is 3.92. The SMILES string of the molecule is CC(C)(C)Nc1nccc(CN)c1F. The summed E-state index contributed by atoms with van der Waals surface area (Å²) in [6, 6.07) is 1.59. The van der Waals surface area contributed by atoms with Crippen LogP contribution >= 0.6 is 0 Å². The number of pyridine rings is 1. The molecule has 3 nitrogen and oxygen atoms in total. The number of hydrogen-bond acceptors (Lipinski definition) is 3. The van der Waals surface area contributed by atoms with Crippen LogP contribution in [0.5, 0.6) is 0 Å². The summed E-state index contributed by atoms with van der Waals surface area (Å²) >= 11 is 0.